The molecule has 1 aliphatic rings. The number of fused-ring (bicyclic) bond motifs is 1. The highest BCUT2D eigenvalue weighted by Gasteiger charge is 2.18. The van der Waals surface area contributed by atoms with Gasteiger partial charge in [-0.1, -0.05) is 42.0 Å². The van der Waals surface area contributed by atoms with Crippen LogP contribution in [0.1, 0.15) is 31.7 Å². The fraction of sp³-hybridized carbons (Fsp3) is 0.435. The van der Waals surface area contributed by atoms with E-state index < -0.39 is 10.0 Å². The summed E-state index contributed by atoms with van der Waals surface area (Å²) in [5.74, 6) is 0.714. The van der Waals surface area contributed by atoms with Crippen LogP contribution in [-0.2, 0) is 16.6 Å². The zero-order valence-electron chi connectivity index (χ0n) is 18.1. The molecule has 172 valence electrons. The van der Waals surface area contributed by atoms with Crippen LogP contribution >= 0.6 is 22.9 Å². The van der Waals surface area contributed by atoms with Gasteiger partial charge in [-0.3, -0.25) is 9.36 Å². The zero-order chi connectivity index (χ0) is 22.7. The number of hydrogen-bond donors (Lipinski definition) is 1. The Balaban J connectivity index is 1.42. The Morgan fingerprint density at radius 3 is 2.72 bits per heavy atom. The van der Waals surface area contributed by atoms with Gasteiger partial charge < -0.3 is 4.90 Å². The van der Waals surface area contributed by atoms with Crippen molar-refractivity contribution in [3.63, 3.8) is 0 Å². The highest BCUT2D eigenvalue weighted by atomic mass is 35.5. The zero-order valence-corrected chi connectivity index (χ0v) is 20.5. The molecule has 0 unspecified atom stereocenters. The number of sulfonamides is 1. The van der Waals surface area contributed by atoms with Gasteiger partial charge in [0.05, 0.1) is 21.7 Å². The fourth-order valence-electron chi connectivity index (χ4n) is 4.22. The standard InChI is InChI=1S/C23H28ClN3O3S2/c1-17-4-2-12-26(15-17)13-3-11-25-32(29,30)20-9-10-21-22(14-20)31-23(28)27(21)16-18-5-7-19(24)8-6-18/h5-10,14,17,25H,2-4,11-13,15-16H2,1H3/t17-/m0/s1. The Hall–Kier alpha value is -1.71. The lowest BCUT2D eigenvalue weighted by Crippen LogP contribution is -2.36. The number of nitrogens with zero attached hydrogens (tertiary/aromatic N) is 2. The highest BCUT2D eigenvalue weighted by Crippen LogP contribution is 2.23. The molecule has 3 aromatic rings. The molecule has 2 heterocycles. The lowest BCUT2D eigenvalue weighted by Gasteiger charge is -2.30. The van der Waals surface area contributed by atoms with E-state index in [0.717, 1.165) is 48.5 Å². The first kappa shape index (κ1) is 23.4. The SMILES string of the molecule is C[C@H]1CCCN(CCCNS(=O)(=O)c2ccc3c(c2)sc(=O)n3Cc2ccc(Cl)cc2)C1. The summed E-state index contributed by atoms with van der Waals surface area (Å²) >= 11 is 7.00. The number of halogens is 1. The van der Waals surface area contributed by atoms with Crippen molar-refractivity contribution in [1.82, 2.24) is 14.2 Å². The van der Waals surface area contributed by atoms with Gasteiger partial charge in [0, 0.05) is 18.1 Å². The van der Waals surface area contributed by atoms with E-state index in [1.165, 1.54) is 12.8 Å². The van der Waals surface area contributed by atoms with Gasteiger partial charge in [-0.05, 0) is 74.2 Å². The summed E-state index contributed by atoms with van der Waals surface area (Å²) in [5.41, 5.74) is 1.69. The van der Waals surface area contributed by atoms with Crippen LogP contribution in [-0.4, -0.2) is 44.1 Å². The molecule has 1 atom stereocenters. The number of nitrogens with one attached hydrogen (secondary N) is 1. The van der Waals surface area contributed by atoms with Gasteiger partial charge >= 0.3 is 4.87 Å². The first-order valence-corrected chi connectivity index (χ1v) is 13.6. The molecule has 0 saturated carbocycles. The highest BCUT2D eigenvalue weighted by molar-refractivity contribution is 7.89. The van der Waals surface area contributed by atoms with E-state index in [2.05, 4.69) is 16.5 Å². The Labute approximate surface area is 197 Å². The maximum atomic E-state index is 12.8. The van der Waals surface area contributed by atoms with Crippen molar-refractivity contribution in [2.75, 3.05) is 26.2 Å². The Kier molecular flexibility index (Phi) is 7.37. The van der Waals surface area contributed by atoms with Crippen LogP contribution in [0.3, 0.4) is 0 Å². The van der Waals surface area contributed by atoms with E-state index in [1.54, 1.807) is 34.9 Å². The number of hydrogen-bond acceptors (Lipinski definition) is 5. The predicted molar refractivity (Wildman–Crippen MR) is 131 cm³/mol. The number of aromatic nitrogens is 1. The maximum Gasteiger partial charge on any atom is 0.308 e. The van der Waals surface area contributed by atoms with Crippen LogP contribution in [0.5, 0.6) is 0 Å². The summed E-state index contributed by atoms with van der Waals surface area (Å²) in [6.45, 7) is 6.17. The molecule has 0 aliphatic carbocycles. The monoisotopic (exact) mass is 493 g/mol. The maximum absolute atomic E-state index is 12.8. The average molecular weight is 494 g/mol. The molecule has 0 bridgehead atoms. The first-order chi connectivity index (χ1) is 15.3. The van der Waals surface area contributed by atoms with Gasteiger partial charge in [0.2, 0.25) is 10.0 Å². The molecule has 0 amide bonds. The molecule has 32 heavy (non-hydrogen) atoms. The molecule has 0 spiro atoms. The lowest BCUT2D eigenvalue weighted by atomic mass is 10.0. The van der Waals surface area contributed by atoms with Crippen molar-refractivity contribution in [3.05, 3.63) is 62.7 Å². The van der Waals surface area contributed by atoms with Gasteiger partial charge in [-0.2, -0.15) is 0 Å². The van der Waals surface area contributed by atoms with Crippen molar-refractivity contribution in [3.8, 4) is 0 Å². The van der Waals surface area contributed by atoms with Crippen LogP contribution in [0.15, 0.2) is 52.2 Å². The Morgan fingerprint density at radius 2 is 1.97 bits per heavy atom. The Morgan fingerprint density at radius 1 is 1.19 bits per heavy atom. The normalized spacial score (nSPS) is 17.8. The van der Waals surface area contributed by atoms with Crippen LogP contribution in [0.2, 0.25) is 5.02 Å². The third kappa shape index (κ3) is 5.61. The average Bonchev–Trinajstić information content (AvgIpc) is 3.07. The summed E-state index contributed by atoms with van der Waals surface area (Å²) in [7, 11) is -3.62. The number of likely N-dealkylation sites (tertiary alicyclic amines) is 1. The molecule has 1 aromatic heterocycles. The molecule has 6 nitrogen and oxygen atoms in total. The number of benzene rings is 2. The van der Waals surface area contributed by atoms with E-state index in [0.29, 0.717) is 28.7 Å². The summed E-state index contributed by atoms with van der Waals surface area (Å²) in [5, 5.41) is 0.643. The molecular formula is C23H28ClN3O3S2. The summed E-state index contributed by atoms with van der Waals surface area (Å²) in [4.78, 5) is 15.0. The smallest absolute Gasteiger partial charge is 0.303 e. The van der Waals surface area contributed by atoms with Crippen molar-refractivity contribution in [2.24, 2.45) is 5.92 Å². The molecule has 9 heteroatoms. The van der Waals surface area contributed by atoms with Gasteiger partial charge in [-0.25, -0.2) is 13.1 Å². The van der Waals surface area contributed by atoms with Gasteiger partial charge in [0.1, 0.15) is 0 Å². The topological polar surface area (TPSA) is 71.4 Å². The number of thiazole rings is 1. The van der Waals surface area contributed by atoms with Gasteiger partial charge in [-0.15, -0.1) is 0 Å². The predicted octanol–water partition coefficient (Wildman–Crippen LogP) is 4.17. The second-order valence-electron chi connectivity index (χ2n) is 8.51. The van der Waals surface area contributed by atoms with Crippen molar-refractivity contribution >= 4 is 43.2 Å². The molecule has 1 saturated heterocycles. The van der Waals surface area contributed by atoms with Gasteiger partial charge in [0.15, 0.2) is 0 Å². The lowest BCUT2D eigenvalue weighted by molar-refractivity contribution is 0.182. The number of piperidine rings is 1. The van der Waals surface area contributed by atoms with Crippen molar-refractivity contribution in [1.29, 1.82) is 0 Å². The fourth-order valence-corrected chi connectivity index (χ4v) is 6.45. The van der Waals surface area contributed by atoms with Crippen LogP contribution in [0.25, 0.3) is 10.2 Å². The van der Waals surface area contributed by atoms with E-state index in [9.17, 15) is 13.2 Å². The minimum absolute atomic E-state index is 0.117. The molecule has 1 N–H and O–H groups in total. The van der Waals surface area contributed by atoms with E-state index in [4.69, 9.17) is 11.6 Å². The molecule has 1 fully saturated rings. The minimum atomic E-state index is -3.62. The minimum Gasteiger partial charge on any atom is -0.303 e. The summed E-state index contributed by atoms with van der Waals surface area (Å²) < 4.78 is 30.6. The Bertz CT molecular complexity index is 1240. The van der Waals surface area contributed by atoms with E-state index >= 15 is 0 Å². The summed E-state index contributed by atoms with van der Waals surface area (Å²) in [6, 6.07) is 12.2. The molecular weight excluding hydrogens is 466 g/mol. The second kappa shape index (κ2) is 10.1. The first-order valence-electron chi connectivity index (χ1n) is 10.9. The second-order valence-corrected chi connectivity index (χ2v) is 11.7. The molecule has 4 rings (SSSR count). The summed E-state index contributed by atoms with van der Waals surface area (Å²) in [6.07, 6.45) is 3.27. The van der Waals surface area contributed by atoms with Crippen molar-refractivity contribution < 1.29 is 8.42 Å². The van der Waals surface area contributed by atoms with Crippen LogP contribution in [0.4, 0.5) is 0 Å². The number of rotatable bonds is 8. The molecule has 1 aliphatic heterocycles. The quantitative estimate of drug-likeness (QED) is 0.478. The molecule has 2 aromatic carbocycles. The molecule has 0 radical (unpaired) electrons. The van der Waals surface area contributed by atoms with E-state index in [-0.39, 0.29) is 9.77 Å². The largest absolute Gasteiger partial charge is 0.308 e. The van der Waals surface area contributed by atoms with Crippen molar-refractivity contribution in [2.45, 2.75) is 37.6 Å². The van der Waals surface area contributed by atoms with Crippen LogP contribution in [0, 0.1) is 5.92 Å². The van der Waals surface area contributed by atoms with Crippen LogP contribution < -0.4 is 9.60 Å². The van der Waals surface area contributed by atoms with Gasteiger partial charge in [0.25, 0.3) is 0 Å². The third-order valence-corrected chi connectivity index (χ3v) is 8.54. The van der Waals surface area contributed by atoms with E-state index in [1.807, 2.05) is 12.1 Å². The third-order valence-electron chi connectivity index (χ3n) is 5.89.